The van der Waals surface area contributed by atoms with Crippen LogP contribution in [0, 0.1) is 5.92 Å². The molecule has 1 aliphatic rings. The van der Waals surface area contributed by atoms with Crippen molar-refractivity contribution in [2.24, 2.45) is 5.92 Å². The number of benzene rings is 2. The molecular weight excluding hydrogens is 421 g/mol. The molecule has 0 bridgehead atoms. The van der Waals surface area contributed by atoms with Gasteiger partial charge in [-0.25, -0.2) is 0 Å². The Bertz CT molecular complexity index is 785. The van der Waals surface area contributed by atoms with E-state index in [1.165, 1.54) is 17.7 Å². The highest BCUT2D eigenvalue weighted by molar-refractivity contribution is 9.10. The summed E-state index contributed by atoms with van der Waals surface area (Å²) in [5.74, 6) is -0.247. The van der Waals surface area contributed by atoms with Gasteiger partial charge in [-0.05, 0) is 67.9 Å². The van der Waals surface area contributed by atoms with Crippen molar-refractivity contribution in [1.82, 2.24) is 4.90 Å². The number of hydrogen-bond acceptors (Lipinski definition) is 2. The minimum absolute atomic E-state index is 0.119. The molecule has 0 spiro atoms. The Morgan fingerprint density at radius 1 is 1.11 bits per heavy atom. The SMILES string of the molecule is O=C(Nc1ccc(C(F)(F)F)cc1)C1CCN(Cc2cccc(Br)c2)CC1. The van der Waals surface area contributed by atoms with Crippen LogP contribution in [-0.4, -0.2) is 23.9 Å². The van der Waals surface area contributed by atoms with Crippen molar-refractivity contribution in [3.05, 3.63) is 64.1 Å². The van der Waals surface area contributed by atoms with Crippen LogP contribution in [0.25, 0.3) is 0 Å². The van der Waals surface area contributed by atoms with Gasteiger partial charge in [0, 0.05) is 22.6 Å². The minimum atomic E-state index is -4.37. The van der Waals surface area contributed by atoms with Crippen LogP contribution >= 0.6 is 15.9 Å². The van der Waals surface area contributed by atoms with Crippen molar-refractivity contribution in [1.29, 1.82) is 0 Å². The highest BCUT2D eigenvalue weighted by atomic mass is 79.9. The normalized spacial score (nSPS) is 16.3. The van der Waals surface area contributed by atoms with Crippen LogP contribution in [0.15, 0.2) is 53.0 Å². The molecule has 3 rings (SSSR count). The summed E-state index contributed by atoms with van der Waals surface area (Å²) in [4.78, 5) is 14.7. The Hall–Kier alpha value is -1.86. The van der Waals surface area contributed by atoms with Crippen LogP contribution in [0.4, 0.5) is 18.9 Å². The number of piperidine rings is 1. The van der Waals surface area contributed by atoms with Crippen molar-refractivity contribution in [3.8, 4) is 0 Å². The zero-order valence-corrected chi connectivity index (χ0v) is 16.2. The first-order valence-electron chi connectivity index (χ1n) is 8.76. The lowest BCUT2D eigenvalue weighted by Gasteiger charge is -2.31. The van der Waals surface area contributed by atoms with E-state index in [0.717, 1.165) is 49.1 Å². The van der Waals surface area contributed by atoms with Crippen LogP contribution in [0.3, 0.4) is 0 Å². The summed E-state index contributed by atoms with van der Waals surface area (Å²) in [6, 6.07) is 12.7. The average Bonchev–Trinajstić information content (AvgIpc) is 2.62. The van der Waals surface area contributed by atoms with E-state index in [2.05, 4.69) is 38.3 Å². The van der Waals surface area contributed by atoms with Crippen LogP contribution in [-0.2, 0) is 17.5 Å². The Labute approximate surface area is 164 Å². The molecule has 0 radical (unpaired) electrons. The fourth-order valence-electron chi connectivity index (χ4n) is 3.23. The van der Waals surface area contributed by atoms with Crippen molar-refractivity contribution >= 4 is 27.5 Å². The predicted octanol–water partition coefficient (Wildman–Crippen LogP) is 5.32. The number of halogens is 4. The van der Waals surface area contributed by atoms with Gasteiger partial charge in [-0.3, -0.25) is 9.69 Å². The maximum Gasteiger partial charge on any atom is 0.416 e. The van der Waals surface area contributed by atoms with E-state index in [1.807, 2.05) is 12.1 Å². The number of rotatable bonds is 4. The summed E-state index contributed by atoms with van der Waals surface area (Å²) in [5, 5.41) is 2.73. The maximum absolute atomic E-state index is 12.6. The highest BCUT2D eigenvalue weighted by Gasteiger charge is 2.30. The molecule has 0 unspecified atom stereocenters. The third-order valence-corrected chi connectivity index (χ3v) is 5.23. The van der Waals surface area contributed by atoms with E-state index in [4.69, 9.17) is 0 Å². The zero-order valence-electron chi connectivity index (χ0n) is 14.6. The molecule has 2 aromatic carbocycles. The third-order valence-electron chi connectivity index (χ3n) is 4.73. The second-order valence-electron chi connectivity index (χ2n) is 6.74. The molecule has 1 amide bonds. The van der Waals surface area contributed by atoms with Gasteiger partial charge in [0.2, 0.25) is 5.91 Å². The number of likely N-dealkylation sites (tertiary alicyclic amines) is 1. The van der Waals surface area contributed by atoms with E-state index >= 15 is 0 Å². The number of amides is 1. The van der Waals surface area contributed by atoms with Gasteiger partial charge in [-0.2, -0.15) is 13.2 Å². The van der Waals surface area contributed by atoms with Crippen molar-refractivity contribution < 1.29 is 18.0 Å². The summed E-state index contributed by atoms with van der Waals surface area (Å²) in [6.07, 6.45) is -2.90. The molecule has 1 fully saturated rings. The lowest BCUT2D eigenvalue weighted by molar-refractivity contribution is -0.137. The van der Waals surface area contributed by atoms with Gasteiger partial charge < -0.3 is 5.32 Å². The van der Waals surface area contributed by atoms with Crippen LogP contribution in [0.5, 0.6) is 0 Å². The Morgan fingerprint density at radius 3 is 2.37 bits per heavy atom. The molecule has 144 valence electrons. The van der Waals surface area contributed by atoms with Gasteiger partial charge in [0.25, 0.3) is 0 Å². The Morgan fingerprint density at radius 2 is 1.78 bits per heavy atom. The fraction of sp³-hybridized carbons (Fsp3) is 0.350. The summed E-state index contributed by atoms with van der Waals surface area (Å²) in [6.45, 7) is 2.47. The smallest absolute Gasteiger partial charge is 0.326 e. The summed E-state index contributed by atoms with van der Waals surface area (Å²) in [7, 11) is 0. The second-order valence-corrected chi connectivity index (χ2v) is 7.66. The molecule has 0 aliphatic carbocycles. The molecule has 0 saturated carbocycles. The number of carbonyl (C=O) groups excluding carboxylic acids is 1. The second kappa shape index (κ2) is 8.44. The van der Waals surface area contributed by atoms with Crippen molar-refractivity contribution in [3.63, 3.8) is 0 Å². The predicted molar refractivity (Wildman–Crippen MR) is 102 cm³/mol. The molecule has 1 saturated heterocycles. The summed E-state index contributed by atoms with van der Waals surface area (Å²) >= 11 is 3.47. The van der Waals surface area contributed by atoms with Crippen LogP contribution in [0.1, 0.15) is 24.0 Å². The monoisotopic (exact) mass is 440 g/mol. The summed E-state index contributed by atoms with van der Waals surface area (Å²) in [5.41, 5.74) is 0.892. The molecule has 7 heteroatoms. The first-order chi connectivity index (χ1) is 12.8. The Balaban J connectivity index is 1.49. The van der Waals surface area contributed by atoms with Crippen molar-refractivity contribution in [2.45, 2.75) is 25.6 Å². The largest absolute Gasteiger partial charge is 0.416 e. The zero-order chi connectivity index (χ0) is 19.4. The first kappa shape index (κ1) is 19.9. The van der Waals surface area contributed by atoms with Crippen molar-refractivity contribution in [2.75, 3.05) is 18.4 Å². The van der Waals surface area contributed by atoms with Gasteiger partial charge in [0.15, 0.2) is 0 Å². The van der Waals surface area contributed by atoms with Crippen LogP contribution < -0.4 is 5.32 Å². The number of hydrogen-bond donors (Lipinski definition) is 1. The molecule has 3 nitrogen and oxygen atoms in total. The van der Waals surface area contributed by atoms with E-state index in [0.29, 0.717) is 5.69 Å². The van der Waals surface area contributed by atoms with Gasteiger partial charge in [0.1, 0.15) is 0 Å². The number of carbonyl (C=O) groups is 1. The number of nitrogens with one attached hydrogen (secondary N) is 1. The van der Waals surface area contributed by atoms with E-state index < -0.39 is 11.7 Å². The number of alkyl halides is 3. The molecule has 0 atom stereocenters. The lowest BCUT2D eigenvalue weighted by atomic mass is 9.95. The number of anilines is 1. The summed E-state index contributed by atoms with van der Waals surface area (Å²) < 4.78 is 38.8. The van der Waals surface area contributed by atoms with E-state index in [1.54, 1.807) is 0 Å². The quantitative estimate of drug-likeness (QED) is 0.697. The van der Waals surface area contributed by atoms with E-state index in [9.17, 15) is 18.0 Å². The molecule has 27 heavy (non-hydrogen) atoms. The molecule has 1 aliphatic heterocycles. The standard InChI is InChI=1S/C20H20BrF3N2O/c21-17-3-1-2-14(12-17)13-26-10-8-15(9-11-26)19(27)25-18-6-4-16(5-7-18)20(22,23)24/h1-7,12,15H,8-11,13H2,(H,25,27). The molecule has 1 heterocycles. The third kappa shape index (κ3) is 5.56. The van der Waals surface area contributed by atoms with Gasteiger partial charge in [-0.1, -0.05) is 28.1 Å². The van der Waals surface area contributed by atoms with Gasteiger partial charge >= 0.3 is 6.18 Å². The average molecular weight is 441 g/mol. The lowest BCUT2D eigenvalue weighted by Crippen LogP contribution is -2.37. The minimum Gasteiger partial charge on any atom is -0.326 e. The number of nitrogens with zero attached hydrogens (tertiary/aromatic N) is 1. The molecule has 1 N–H and O–H groups in total. The molecule has 0 aromatic heterocycles. The van der Waals surface area contributed by atoms with Gasteiger partial charge in [0.05, 0.1) is 5.56 Å². The topological polar surface area (TPSA) is 32.3 Å². The fourth-order valence-corrected chi connectivity index (χ4v) is 3.68. The maximum atomic E-state index is 12.6. The van der Waals surface area contributed by atoms with Gasteiger partial charge in [-0.15, -0.1) is 0 Å². The Kier molecular flexibility index (Phi) is 6.22. The molecular formula is C20H20BrF3N2O. The highest BCUT2D eigenvalue weighted by Crippen LogP contribution is 2.30. The van der Waals surface area contributed by atoms with Crippen LogP contribution in [0.2, 0.25) is 0 Å². The molecule has 2 aromatic rings. The van der Waals surface area contributed by atoms with E-state index in [-0.39, 0.29) is 11.8 Å². The first-order valence-corrected chi connectivity index (χ1v) is 9.55.